The van der Waals surface area contributed by atoms with E-state index in [9.17, 15) is 19.2 Å². The summed E-state index contributed by atoms with van der Waals surface area (Å²) in [4.78, 5) is 48.7. The van der Waals surface area contributed by atoms with Gasteiger partial charge in [-0.2, -0.15) is 5.10 Å². The van der Waals surface area contributed by atoms with Crippen LogP contribution in [0.4, 0.5) is 0 Å². The lowest BCUT2D eigenvalue weighted by molar-refractivity contribution is -0.137. The van der Waals surface area contributed by atoms with Crippen LogP contribution in [-0.2, 0) is 71.2 Å². The number of ether oxygens (including phenoxy) is 12. The molecule has 0 fully saturated rings. The summed E-state index contributed by atoms with van der Waals surface area (Å²) in [5.74, 6) is -1.57. The summed E-state index contributed by atoms with van der Waals surface area (Å²) in [6.07, 6.45) is 2.26. The first kappa shape index (κ1) is 53.4. The molecule has 4 amide bonds. The molecule has 0 spiro atoms. The van der Waals surface area contributed by atoms with Gasteiger partial charge in [0.1, 0.15) is 0 Å². The van der Waals surface area contributed by atoms with E-state index >= 15 is 0 Å². The molecular weight excluding hydrogens is 804 g/mol. The van der Waals surface area contributed by atoms with Gasteiger partial charge in [-0.3, -0.25) is 24.1 Å². The fourth-order valence-corrected chi connectivity index (χ4v) is 4.78. The van der Waals surface area contributed by atoms with E-state index < -0.39 is 17.7 Å². The molecule has 61 heavy (non-hydrogen) atoms. The zero-order valence-electron chi connectivity index (χ0n) is 35.8. The summed E-state index contributed by atoms with van der Waals surface area (Å²) in [6, 6.07) is 6.75. The Balaban J connectivity index is 1.26. The minimum atomic E-state index is -0.443. The number of hydrogen-bond donors (Lipinski definition) is 2. The Morgan fingerprint density at radius 1 is 0.508 bits per heavy atom. The lowest BCUT2D eigenvalue weighted by Crippen LogP contribution is -2.33. The molecule has 0 unspecified atom stereocenters. The van der Waals surface area contributed by atoms with Crippen LogP contribution in [0.1, 0.15) is 29.3 Å². The van der Waals surface area contributed by atoms with Crippen molar-refractivity contribution >= 4 is 29.3 Å². The van der Waals surface area contributed by atoms with E-state index in [0.29, 0.717) is 175 Å². The van der Waals surface area contributed by atoms with Crippen LogP contribution in [0, 0.1) is 0 Å². The number of hydrazone groups is 1. The summed E-state index contributed by atoms with van der Waals surface area (Å²) >= 11 is 0. The van der Waals surface area contributed by atoms with Gasteiger partial charge >= 0.3 is 0 Å². The maximum Gasteiger partial charge on any atom is 0.253 e. The van der Waals surface area contributed by atoms with E-state index in [-0.39, 0.29) is 18.9 Å². The molecule has 1 heterocycles. The van der Waals surface area contributed by atoms with Gasteiger partial charge in [-0.25, -0.2) is 5.43 Å². The zero-order chi connectivity index (χ0) is 43.9. The van der Waals surface area contributed by atoms with Crippen LogP contribution >= 0.6 is 0 Å². The second-order valence-corrected chi connectivity index (χ2v) is 12.7. The van der Waals surface area contributed by atoms with Crippen LogP contribution < -0.4 is 10.7 Å². The number of benzene rings is 1. The normalized spacial score (nSPS) is 12.8. The monoisotopic (exact) mass is 870 g/mol. The third-order valence-electron chi connectivity index (χ3n) is 8.06. The quantitative estimate of drug-likeness (QED) is 0.0393. The van der Waals surface area contributed by atoms with Crippen LogP contribution in [-0.4, -0.2) is 206 Å². The molecule has 2 rings (SSSR count). The van der Waals surface area contributed by atoms with Crippen molar-refractivity contribution in [3.63, 3.8) is 0 Å². The van der Waals surface area contributed by atoms with Crippen LogP contribution in [0.3, 0.4) is 0 Å². The number of rotatable bonds is 42. The summed E-state index contributed by atoms with van der Waals surface area (Å²) in [6.45, 7) is 13.0. The fourth-order valence-electron chi connectivity index (χ4n) is 4.78. The third kappa shape index (κ3) is 29.2. The molecule has 20 heteroatoms. The molecule has 1 aliphatic rings. The van der Waals surface area contributed by atoms with Crippen LogP contribution in [0.2, 0.25) is 0 Å². The van der Waals surface area contributed by atoms with Crippen LogP contribution in [0.5, 0.6) is 0 Å². The van der Waals surface area contributed by atoms with Gasteiger partial charge in [-0.05, 0) is 24.6 Å². The van der Waals surface area contributed by atoms with Crippen molar-refractivity contribution < 1.29 is 76.0 Å². The van der Waals surface area contributed by atoms with Crippen molar-refractivity contribution in [1.82, 2.24) is 15.6 Å². The second-order valence-electron chi connectivity index (χ2n) is 12.7. The molecule has 20 nitrogen and oxygen atoms in total. The molecule has 1 aliphatic heterocycles. The Morgan fingerprint density at radius 2 is 0.836 bits per heavy atom. The van der Waals surface area contributed by atoms with Crippen molar-refractivity contribution in [3.8, 4) is 0 Å². The zero-order valence-corrected chi connectivity index (χ0v) is 35.8. The van der Waals surface area contributed by atoms with E-state index in [0.717, 1.165) is 4.90 Å². The maximum atomic E-state index is 12.5. The lowest BCUT2D eigenvalue weighted by Gasteiger charge is -2.12. The number of nitrogens with zero attached hydrogens (tertiary/aromatic N) is 2. The molecule has 2 N–H and O–H groups in total. The van der Waals surface area contributed by atoms with Crippen molar-refractivity contribution in [2.75, 3.05) is 172 Å². The van der Waals surface area contributed by atoms with Crippen LogP contribution in [0.15, 0.2) is 41.5 Å². The van der Waals surface area contributed by atoms with Gasteiger partial charge in [0.05, 0.1) is 158 Å². The minimum absolute atomic E-state index is 0.0271. The number of amides is 4. The predicted molar refractivity (Wildman–Crippen MR) is 220 cm³/mol. The highest BCUT2D eigenvalue weighted by Gasteiger charge is 2.23. The van der Waals surface area contributed by atoms with Gasteiger partial charge in [-0.1, -0.05) is 12.1 Å². The highest BCUT2D eigenvalue weighted by atomic mass is 16.6. The van der Waals surface area contributed by atoms with E-state index in [2.05, 4.69) is 15.8 Å². The standard InChI is InChI=1S/C41H66N4O16/c1-35(43-44-38(46)9-11-45-39(47)7-8-40(45)48)36-3-5-37(6-4-36)41(49)42-10-12-51-15-16-53-19-20-55-23-24-57-27-28-59-31-32-61-34-33-60-30-29-58-26-25-56-22-21-54-18-17-52-14-13-50-2/h3-8H,9-34H2,1-2H3,(H,42,49)(H,44,46)/b43-35+. The Morgan fingerprint density at radius 3 is 1.20 bits per heavy atom. The van der Waals surface area contributed by atoms with Crippen molar-refractivity contribution in [2.45, 2.75) is 13.3 Å². The molecule has 0 aromatic heterocycles. The molecule has 0 aliphatic carbocycles. The molecule has 0 saturated carbocycles. The maximum absolute atomic E-state index is 12.5. The van der Waals surface area contributed by atoms with E-state index in [1.165, 1.54) is 12.2 Å². The second kappa shape index (κ2) is 37.9. The van der Waals surface area contributed by atoms with Gasteiger partial charge < -0.3 is 62.2 Å². The summed E-state index contributed by atoms with van der Waals surface area (Å²) in [5, 5.41) is 6.86. The highest BCUT2D eigenvalue weighted by molar-refractivity contribution is 6.13. The number of imide groups is 1. The number of nitrogens with one attached hydrogen (secondary N) is 2. The minimum Gasteiger partial charge on any atom is -0.382 e. The summed E-state index contributed by atoms with van der Waals surface area (Å²) < 4.78 is 65.0. The smallest absolute Gasteiger partial charge is 0.253 e. The number of hydrogen-bond acceptors (Lipinski definition) is 17. The first-order valence-corrected chi connectivity index (χ1v) is 20.5. The van der Waals surface area contributed by atoms with E-state index in [4.69, 9.17) is 56.8 Å². The number of carbonyl (C=O) groups excluding carboxylic acids is 4. The third-order valence-corrected chi connectivity index (χ3v) is 8.06. The van der Waals surface area contributed by atoms with Crippen molar-refractivity contribution in [3.05, 3.63) is 47.5 Å². The molecule has 346 valence electrons. The topological polar surface area (TPSA) is 219 Å². The fraction of sp³-hybridized carbons (Fsp3) is 0.683. The molecular formula is C41H66N4O16. The lowest BCUT2D eigenvalue weighted by atomic mass is 10.1. The van der Waals surface area contributed by atoms with Gasteiger partial charge in [0.2, 0.25) is 5.91 Å². The van der Waals surface area contributed by atoms with Gasteiger partial charge in [0, 0.05) is 44.3 Å². The average Bonchev–Trinajstić information content (AvgIpc) is 3.59. The Hall–Kier alpha value is -3.77. The highest BCUT2D eigenvalue weighted by Crippen LogP contribution is 2.07. The number of carbonyl (C=O) groups is 4. The molecule has 0 atom stereocenters. The summed E-state index contributed by atoms with van der Waals surface area (Å²) in [7, 11) is 1.64. The van der Waals surface area contributed by atoms with Crippen LogP contribution in [0.25, 0.3) is 0 Å². The first-order chi connectivity index (χ1) is 29.9. The molecule has 1 aromatic carbocycles. The van der Waals surface area contributed by atoms with E-state index in [1.807, 2.05) is 0 Å². The molecule has 0 saturated heterocycles. The summed E-state index contributed by atoms with van der Waals surface area (Å²) in [5.41, 5.74) is 4.10. The Kier molecular flexibility index (Phi) is 33.2. The molecule has 0 radical (unpaired) electrons. The van der Waals surface area contributed by atoms with Crippen molar-refractivity contribution in [1.29, 1.82) is 0 Å². The Labute approximate surface area is 358 Å². The molecule has 0 bridgehead atoms. The number of methoxy groups -OCH3 is 1. The van der Waals surface area contributed by atoms with Gasteiger partial charge in [-0.15, -0.1) is 0 Å². The molecule has 1 aromatic rings. The predicted octanol–water partition coefficient (Wildman–Crippen LogP) is 0.401. The largest absolute Gasteiger partial charge is 0.382 e. The van der Waals surface area contributed by atoms with E-state index in [1.54, 1.807) is 38.3 Å². The average molecular weight is 871 g/mol. The SMILES string of the molecule is COCCOCCOCCOCCOCCOCCOCCOCCOCCOCCOCCOCCNC(=O)c1ccc(/C(C)=N/NC(=O)CCN2C(=O)C=CC2=O)cc1. The van der Waals surface area contributed by atoms with Gasteiger partial charge in [0.15, 0.2) is 0 Å². The Bertz CT molecular complexity index is 1350. The van der Waals surface area contributed by atoms with Crippen molar-refractivity contribution in [2.24, 2.45) is 5.10 Å². The van der Waals surface area contributed by atoms with Gasteiger partial charge in [0.25, 0.3) is 17.7 Å². The first-order valence-electron chi connectivity index (χ1n) is 20.5.